The van der Waals surface area contributed by atoms with E-state index in [0.29, 0.717) is 49.5 Å². The molecule has 2 aromatic rings. The summed E-state index contributed by atoms with van der Waals surface area (Å²) in [6, 6.07) is 10.3. The molecule has 1 heterocycles. The van der Waals surface area contributed by atoms with Crippen LogP contribution in [0.4, 0.5) is 23.2 Å². The molecule has 1 aliphatic heterocycles. The number of ether oxygens (including phenoxy) is 1. The molecular formula is C23H23BrF4N2O. The fourth-order valence-corrected chi connectivity index (χ4v) is 4.22. The summed E-state index contributed by atoms with van der Waals surface area (Å²) in [6.07, 6.45) is -1.45. The molecule has 3 nitrogen and oxygen atoms in total. The summed E-state index contributed by atoms with van der Waals surface area (Å²) in [7, 11) is 0. The molecular weight excluding hydrogens is 476 g/mol. The summed E-state index contributed by atoms with van der Waals surface area (Å²) >= 11 is 3.36. The van der Waals surface area contributed by atoms with Gasteiger partial charge < -0.3 is 9.64 Å². The summed E-state index contributed by atoms with van der Waals surface area (Å²) in [6.45, 7) is 1.56. The minimum atomic E-state index is -4.58. The molecule has 1 saturated heterocycles. The Morgan fingerprint density at radius 3 is 2.45 bits per heavy atom. The first kappa shape index (κ1) is 23.4. The second kappa shape index (κ2) is 10.4. The number of nitrogens with zero attached hydrogens (tertiary/aromatic N) is 2. The Morgan fingerprint density at radius 1 is 1.10 bits per heavy atom. The average Bonchev–Trinajstić information content (AvgIpc) is 2.76. The molecule has 0 saturated carbocycles. The summed E-state index contributed by atoms with van der Waals surface area (Å²) in [5.41, 5.74) is -0.268. The topological polar surface area (TPSA) is 36.3 Å². The summed E-state index contributed by atoms with van der Waals surface area (Å²) < 4.78 is 59.9. The van der Waals surface area contributed by atoms with E-state index in [-0.39, 0.29) is 17.3 Å². The van der Waals surface area contributed by atoms with Gasteiger partial charge in [0.2, 0.25) is 0 Å². The van der Waals surface area contributed by atoms with Crippen LogP contribution in [0.3, 0.4) is 0 Å². The SMILES string of the molecule is N#Cc1ccc(N2CCC(c3ccc(OCCCCBr)cc3F)CC2)cc1C(F)(F)F. The van der Waals surface area contributed by atoms with Crippen molar-refractivity contribution in [3.05, 3.63) is 58.9 Å². The molecule has 0 unspecified atom stereocenters. The van der Waals surface area contributed by atoms with Crippen molar-refractivity contribution in [1.29, 1.82) is 5.26 Å². The van der Waals surface area contributed by atoms with Crippen LogP contribution in [0.2, 0.25) is 0 Å². The third-order valence-corrected chi connectivity index (χ3v) is 6.06. The van der Waals surface area contributed by atoms with Gasteiger partial charge in [0.25, 0.3) is 0 Å². The van der Waals surface area contributed by atoms with Gasteiger partial charge in [-0.05, 0) is 61.4 Å². The van der Waals surface area contributed by atoms with Crippen LogP contribution in [0.25, 0.3) is 0 Å². The van der Waals surface area contributed by atoms with Gasteiger partial charge in [0.1, 0.15) is 11.6 Å². The van der Waals surface area contributed by atoms with Gasteiger partial charge >= 0.3 is 6.18 Å². The maximum atomic E-state index is 14.6. The van der Waals surface area contributed by atoms with Crippen molar-refractivity contribution in [2.75, 3.05) is 29.9 Å². The highest BCUT2D eigenvalue weighted by Crippen LogP contribution is 2.37. The zero-order chi connectivity index (χ0) is 22.4. The van der Waals surface area contributed by atoms with E-state index in [1.54, 1.807) is 18.2 Å². The number of piperidine rings is 1. The fraction of sp³-hybridized carbons (Fsp3) is 0.435. The molecule has 0 aliphatic carbocycles. The van der Waals surface area contributed by atoms with Gasteiger partial charge in [-0.15, -0.1) is 0 Å². The standard InChI is InChI=1S/C23H23BrF4N2O/c24-9-1-2-12-31-19-5-6-20(22(25)14-19)16-7-10-30(11-8-16)18-4-3-17(15-29)21(13-18)23(26,27)28/h3-6,13-14,16H,1-2,7-12H2. The Kier molecular flexibility index (Phi) is 7.82. The maximum absolute atomic E-state index is 14.6. The second-order valence-electron chi connectivity index (χ2n) is 7.53. The second-order valence-corrected chi connectivity index (χ2v) is 8.32. The Hall–Kier alpha value is -2.27. The number of hydrogen-bond donors (Lipinski definition) is 0. The minimum absolute atomic E-state index is 0.000773. The van der Waals surface area contributed by atoms with Gasteiger partial charge in [-0.25, -0.2) is 4.39 Å². The Balaban J connectivity index is 1.64. The lowest BCUT2D eigenvalue weighted by molar-refractivity contribution is -0.137. The van der Waals surface area contributed by atoms with Gasteiger partial charge in [-0.3, -0.25) is 0 Å². The predicted octanol–water partition coefficient (Wildman–Crippen LogP) is 6.65. The highest BCUT2D eigenvalue weighted by Gasteiger charge is 2.34. The van der Waals surface area contributed by atoms with Crippen LogP contribution in [0.15, 0.2) is 36.4 Å². The lowest BCUT2D eigenvalue weighted by Gasteiger charge is -2.34. The third kappa shape index (κ3) is 5.91. The largest absolute Gasteiger partial charge is 0.493 e. The van der Waals surface area contributed by atoms with Gasteiger partial charge in [0.05, 0.1) is 23.8 Å². The van der Waals surface area contributed by atoms with E-state index < -0.39 is 11.7 Å². The maximum Gasteiger partial charge on any atom is 0.417 e. The molecule has 3 rings (SSSR count). The molecule has 8 heteroatoms. The van der Waals surface area contributed by atoms with Crippen LogP contribution < -0.4 is 9.64 Å². The molecule has 0 bridgehead atoms. The zero-order valence-corrected chi connectivity index (χ0v) is 18.5. The van der Waals surface area contributed by atoms with E-state index in [9.17, 15) is 17.6 Å². The molecule has 1 fully saturated rings. The first-order valence-electron chi connectivity index (χ1n) is 10.2. The van der Waals surface area contributed by atoms with E-state index in [0.717, 1.165) is 24.2 Å². The van der Waals surface area contributed by atoms with Crippen molar-refractivity contribution in [3.63, 3.8) is 0 Å². The van der Waals surface area contributed by atoms with Crippen LogP contribution in [0.5, 0.6) is 5.75 Å². The smallest absolute Gasteiger partial charge is 0.417 e. The zero-order valence-electron chi connectivity index (χ0n) is 16.9. The number of alkyl halides is 4. The van der Waals surface area contributed by atoms with E-state index in [2.05, 4.69) is 15.9 Å². The van der Waals surface area contributed by atoms with Crippen molar-refractivity contribution in [2.24, 2.45) is 0 Å². The van der Waals surface area contributed by atoms with E-state index >= 15 is 0 Å². The van der Waals surface area contributed by atoms with E-state index in [1.807, 2.05) is 4.90 Å². The molecule has 1 aliphatic rings. The fourth-order valence-electron chi connectivity index (χ4n) is 3.82. The van der Waals surface area contributed by atoms with Crippen LogP contribution >= 0.6 is 15.9 Å². The number of nitriles is 1. The Morgan fingerprint density at radius 2 is 1.84 bits per heavy atom. The lowest BCUT2D eigenvalue weighted by atomic mass is 9.88. The molecule has 0 amide bonds. The molecule has 0 spiro atoms. The monoisotopic (exact) mass is 498 g/mol. The quantitative estimate of drug-likeness (QED) is 0.243. The molecule has 2 aromatic carbocycles. The highest BCUT2D eigenvalue weighted by molar-refractivity contribution is 9.09. The Labute approximate surface area is 187 Å². The van der Waals surface area contributed by atoms with Gasteiger partial charge in [-0.1, -0.05) is 22.0 Å². The van der Waals surface area contributed by atoms with Crippen LogP contribution in [0, 0.1) is 17.1 Å². The molecule has 166 valence electrons. The molecule has 0 radical (unpaired) electrons. The first-order chi connectivity index (χ1) is 14.8. The van der Waals surface area contributed by atoms with Gasteiger partial charge in [-0.2, -0.15) is 18.4 Å². The molecule has 0 atom stereocenters. The van der Waals surface area contributed by atoms with E-state index in [1.165, 1.54) is 18.2 Å². The number of hydrogen-bond acceptors (Lipinski definition) is 3. The lowest BCUT2D eigenvalue weighted by Crippen LogP contribution is -2.33. The predicted molar refractivity (Wildman–Crippen MR) is 115 cm³/mol. The van der Waals surface area contributed by atoms with E-state index in [4.69, 9.17) is 10.00 Å². The minimum Gasteiger partial charge on any atom is -0.493 e. The summed E-state index contributed by atoms with van der Waals surface area (Å²) in [5, 5.41) is 9.86. The number of rotatable bonds is 7. The average molecular weight is 499 g/mol. The van der Waals surface area contributed by atoms with Gasteiger partial charge in [0, 0.05) is 30.2 Å². The van der Waals surface area contributed by atoms with Crippen molar-refractivity contribution in [2.45, 2.75) is 37.8 Å². The van der Waals surface area contributed by atoms with Crippen LogP contribution in [0.1, 0.15) is 48.3 Å². The molecule has 31 heavy (non-hydrogen) atoms. The van der Waals surface area contributed by atoms with Crippen molar-refractivity contribution >= 4 is 21.6 Å². The van der Waals surface area contributed by atoms with Crippen molar-refractivity contribution < 1.29 is 22.3 Å². The Bertz CT molecular complexity index is 934. The number of benzene rings is 2. The number of anilines is 1. The van der Waals surface area contributed by atoms with Crippen molar-refractivity contribution in [3.8, 4) is 11.8 Å². The molecule has 0 N–H and O–H groups in total. The summed E-state index contributed by atoms with van der Waals surface area (Å²) in [5.74, 6) is 0.193. The third-order valence-electron chi connectivity index (χ3n) is 5.50. The first-order valence-corrected chi connectivity index (χ1v) is 11.3. The van der Waals surface area contributed by atoms with Crippen LogP contribution in [-0.2, 0) is 6.18 Å². The summed E-state index contributed by atoms with van der Waals surface area (Å²) in [4.78, 5) is 1.85. The van der Waals surface area contributed by atoms with Gasteiger partial charge in [0.15, 0.2) is 0 Å². The van der Waals surface area contributed by atoms with Crippen molar-refractivity contribution in [1.82, 2.24) is 0 Å². The highest BCUT2D eigenvalue weighted by atomic mass is 79.9. The molecule has 0 aromatic heterocycles. The number of unbranched alkanes of at least 4 members (excludes halogenated alkanes) is 1. The normalized spacial score (nSPS) is 15.0. The number of halogens is 5. The van der Waals surface area contributed by atoms with Crippen LogP contribution in [-0.4, -0.2) is 25.0 Å².